The molecule has 2 fully saturated rings. The molecule has 3 aromatic carbocycles. The van der Waals surface area contributed by atoms with Crippen LogP contribution in [0.5, 0.6) is 5.75 Å². The van der Waals surface area contributed by atoms with Crippen molar-refractivity contribution >= 4 is 68.7 Å². The molecule has 0 bridgehead atoms. The number of aliphatic imine (C=N–C) groups is 1. The van der Waals surface area contributed by atoms with Crippen molar-refractivity contribution in [2.45, 2.75) is 111 Å². The molecule has 4 aromatic heterocycles. The molecule has 0 aliphatic carbocycles. The summed E-state index contributed by atoms with van der Waals surface area (Å²) in [6.45, 7) is 16.9. The number of nitrogens with zero attached hydrogens (tertiary/aromatic N) is 7. The number of benzene rings is 3. The van der Waals surface area contributed by atoms with E-state index in [1.807, 2.05) is 88.0 Å². The number of anilines is 1. The van der Waals surface area contributed by atoms with E-state index in [1.54, 1.807) is 34.8 Å². The van der Waals surface area contributed by atoms with Gasteiger partial charge in [-0.3, -0.25) is 28.7 Å². The minimum atomic E-state index is -1.05. The van der Waals surface area contributed by atoms with Crippen LogP contribution in [0, 0.1) is 33.1 Å². The van der Waals surface area contributed by atoms with Crippen LogP contribution in [-0.2, 0) is 19.1 Å². The highest BCUT2D eigenvalue weighted by atomic mass is 32.1. The van der Waals surface area contributed by atoms with Gasteiger partial charge in [-0.1, -0.05) is 57.2 Å². The lowest BCUT2D eigenvalue weighted by Crippen LogP contribution is -2.57. The van der Waals surface area contributed by atoms with Gasteiger partial charge in [-0.25, -0.2) is 4.98 Å². The van der Waals surface area contributed by atoms with Crippen molar-refractivity contribution in [3.05, 3.63) is 129 Å². The van der Waals surface area contributed by atoms with E-state index < -0.39 is 41.5 Å². The highest BCUT2D eigenvalue weighted by molar-refractivity contribution is 7.15. The van der Waals surface area contributed by atoms with E-state index in [0.717, 1.165) is 73.6 Å². The normalized spacial score (nSPS) is 19.3. The standard InChI is InChI=1S/C56H61N9O8S2/c1-29-32(4)75-55-47(29)48(59-42(25-46(67)71-9)51-62-61-33(5)65(51)55)35-14-16-38(17-15-35)63-21-20-41(27-63)72-40-18-19-44-37(22-40)23-45(73-44)53(69)60-50(56(6,7)8)54(70)64-26-39(66)24-43(64)52(68)58-30(2)34-10-12-36(13-11-34)49-31(3)57-28-74-49/h10-19,22-23,28,30,39,41-43,50,66H,20-21,24-27H2,1-9H3,(H,58,68)(H,60,69)/t30-,39+,41+,42-,43-,50+/m0/s1. The zero-order valence-electron chi connectivity index (χ0n) is 43.5. The minimum Gasteiger partial charge on any atom is -0.488 e. The number of furan rings is 1. The van der Waals surface area contributed by atoms with Crippen LogP contribution in [0.25, 0.3) is 26.4 Å². The van der Waals surface area contributed by atoms with Gasteiger partial charge in [0.05, 0.1) is 54.0 Å². The minimum absolute atomic E-state index is 0.0215. The molecule has 17 nitrogen and oxygen atoms in total. The Bertz CT molecular complexity index is 3350. The van der Waals surface area contributed by atoms with Gasteiger partial charge in [0, 0.05) is 53.0 Å². The fraction of sp³-hybridized carbons (Fsp3) is 0.393. The maximum Gasteiger partial charge on any atom is 0.308 e. The predicted molar refractivity (Wildman–Crippen MR) is 288 cm³/mol. The fourth-order valence-corrected chi connectivity index (χ4v) is 12.3. The van der Waals surface area contributed by atoms with Gasteiger partial charge in [-0.05, 0) is 93.1 Å². The molecule has 6 atom stereocenters. The van der Waals surface area contributed by atoms with Gasteiger partial charge in [-0.15, -0.1) is 32.9 Å². The van der Waals surface area contributed by atoms with Gasteiger partial charge in [0.1, 0.15) is 46.4 Å². The number of methoxy groups -OCH3 is 1. The molecule has 75 heavy (non-hydrogen) atoms. The summed E-state index contributed by atoms with van der Waals surface area (Å²) in [5.41, 5.74) is 9.30. The first kappa shape index (κ1) is 51.3. The molecule has 7 aromatic rings. The highest BCUT2D eigenvalue weighted by Gasteiger charge is 2.45. The molecule has 390 valence electrons. The van der Waals surface area contributed by atoms with Crippen LogP contribution >= 0.6 is 22.7 Å². The summed E-state index contributed by atoms with van der Waals surface area (Å²) in [6, 6.07) is 20.4. The van der Waals surface area contributed by atoms with E-state index in [-0.39, 0.29) is 49.2 Å². The lowest BCUT2D eigenvalue weighted by Gasteiger charge is -2.35. The van der Waals surface area contributed by atoms with Gasteiger partial charge in [-0.2, -0.15) is 0 Å². The Kier molecular flexibility index (Phi) is 14.0. The number of ether oxygens (including phenoxy) is 2. The Balaban J connectivity index is 0.783. The maximum absolute atomic E-state index is 14.4. The molecular formula is C56H61N9O8S2. The molecule has 19 heteroatoms. The smallest absolute Gasteiger partial charge is 0.308 e. The van der Waals surface area contributed by atoms with E-state index in [9.17, 15) is 24.3 Å². The number of rotatable bonds is 13. The molecule has 0 saturated carbocycles. The number of aromatic nitrogens is 4. The van der Waals surface area contributed by atoms with Crippen LogP contribution in [0.2, 0.25) is 0 Å². The first-order valence-corrected chi connectivity index (χ1v) is 26.9. The molecule has 2 saturated heterocycles. The number of likely N-dealkylation sites (tertiary alicyclic amines) is 1. The second-order valence-electron chi connectivity index (χ2n) is 20.8. The van der Waals surface area contributed by atoms with Crippen molar-refractivity contribution in [1.82, 2.24) is 35.3 Å². The number of aliphatic hydroxyl groups is 1. The number of esters is 1. The van der Waals surface area contributed by atoms with Crippen LogP contribution < -0.4 is 20.3 Å². The molecule has 0 spiro atoms. The Labute approximate surface area is 443 Å². The molecule has 7 heterocycles. The average molecular weight is 1050 g/mol. The van der Waals surface area contributed by atoms with E-state index >= 15 is 0 Å². The summed E-state index contributed by atoms with van der Waals surface area (Å²) in [4.78, 5) is 70.3. The first-order chi connectivity index (χ1) is 35.8. The van der Waals surface area contributed by atoms with Gasteiger partial charge < -0.3 is 39.4 Å². The Hall–Kier alpha value is -7.22. The number of nitrogens with one attached hydrogen (secondary N) is 2. The number of fused-ring (bicyclic) bond motifs is 4. The quantitative estimate of drug-likeness (QED) is 0.0930. The number of β-amino-alcohol motifs (C(OH)–C–C–N with tert-alkyl or cyclic N) is 1. The second-order valence-corrected chi connectivity index (χ2v) is 22.9. The van der Waals surface area contributed by atoms with Crippen molar-refractivity contribution < 1.29 is 38.2 Å². The van der Waals surface area contributed by atoms with Crippen molar-refractivity contribution in [2.24, 2.45) is 10.4 Å². The summed E-state index contributed by atoms with van der Waals surface area (Å²) in [6.07, 6.45) is -0.127. The third kappa shape index (κ3) is 10.2. The maximum atomic E-state index is 14.4. The van der Waals surface area contributed by atoms with Gasteiger partial charge in [0.15, 0.2) is 11.6 Å². The monoisotopic (exact) mass is 1050 g/mol. The SMILES string of the molecule is COC(=O)C[C@@H]1N=C(c2ccc(N3CC[C@@H](Oc4ccc5oc(C(=O)N[C@H](C(=O)N6C[C@H](O)C[C@H]6C(=O)N[C@@H](C)c6ccc(-c7scnc7C)cc6)C(C)(C)C)cc5c4)C3)cc2)c2c(sc(C)c2C)-n2c(C)nnc21. The molecule has 3 aliphatic heterocycles. The van der Waals surface area contributed by atoms with E-state index in [0.29, 0.717) is 29.1 Å². The molecule has 3 amide bonds. The number of carbonyl (C=O) groups is 4. The number of aliphatic hydroxyl groups excluding tert-OH is 1. The number of carbonyl (C=O) groups excluding carboxylic acids is 4. The summed E-state index contributed by atoms with van der Waals surface area (Å²) < 4.78 is 19.6. The number of amides is 3. The van der Waals surface area contributed by atoms with Crippen LogP contribution in [-0.4, -0.2) is 110 Å². The summed E-state index contributed by atoms with van der Waals surface area (Å²) >= 11 is 3.24. The first-order valence-electron chi connectivity index (χ1n) is 25.2. The Morgan fingerprint density at radius 3 is 2.39 bits per heavy atom. The number of hydrogen-bond donors (Lipinski definition) is 3. The number of hydrogen-bond acceptors (Lipinski definition) is 15. The number of aryl methyl sites for hydroxylation is 3. The predicted octanol–water partition coefficient (Wildman–Crippen LogP) is 8.53. The second kappa shape index (κ2) is 20.5. The third-order valence-electron chi connectivity index (χ3n) is 14.5. The highest BCUT2D eigenvalue weighted by Crippen LogP contribution is 2.40. The zero-order chi connectivity index (χ0) is 53.0. The van der Waals surface area contributed by atoms with Crippen molar-refractivity contribution in [3.8, 4) is 21.2 Å². The topological polar surface area (TPSA) is 207 Å². The van der Waals surface area contributed by atoms with E-state index in [2.05, 4.69) is 68.8 Å². The van der Waals surface area contributed by atoms with Gasteiger partial charge in [0.2, 0.25) is 11.8 Å². The lowest BCUT2D eigenvalue weighted by atomic mass is 9.85. The summed E-state index contributed by atoms with van der Waals surface area (Å²) in [5, 5.41) is 27.2. The molecular weight excluding hydrogens is 991 g/mol. The number of thiophene rings is 1. The zero-order valence-corrected chi connectivity index (χ0v) is 45.1. The molecule has 3 aliphatic rings. The van der Waals surface area contributed by atoms with E-state index in [4.69, 9.17) is 18.9 Å². The molecule has 0 unspecified atom stereocenters. The third-order valence-corrected chi connectivity index (χ3v) is 16.7. The summed E-state index contributed by atoms with van der Waals surface area (Å²) in [7, 11) is 1.38. The van der Waals surface area contributed by atoms with Crippen molar-refractivity contribution in [2.75, 3.05) is 31.6 Å². The Morgan fingerprint density at radius 2 is 1.68 bits per heavy atom. The van der Waals surface area contributed by atoms with Crippen LogP contribution in [0.15, 0.2) is 87.7 Å². The average Bonchev–Trinajstić information content (AvgIpc) is 4.28. The molecule has 0 radical (unpaired) electrons. The fourth-order valence-electron chi connectivity index (χ4n) is 10.3. The van der Waals surface area contributed by atoms with Gasteiger partial charge >= 0.3 is 5.97 Å². The van der Waals surface area contributed by atoms with Crippen LogP contribution in [0.1, 0.15) is 114 Å². The lowest BCUT2D eigenvalue weighted by molar-refractivity contribution is -0.142. The van der Waals surface area contributed by atoms with E-state index in [1.165, 1.54) is 16.9 Å². The largest absolute Gasteiger partial charge is 0.488 e. The Morgan fingerprint density at radius 1 is 0.933 bits per heavy atom. The van der Waals surface area contributed by atoms with Crippen LogP contribution in [0.3, 0.4) is 0 Å². The van der Waals surface area contributed by atoms with Crippen LogP contribution in [0.4, 0.5) is 5.69 Å². The van der Waals surface area contributed by atoms with Gasteiger partial charge in [0.25, 0.3) is 5.91 Å². The molecule has 10 rings (SSSR count). The number of thiazole rings is 1. The molecule has 3 N–H and O–H groups in total. The van der Waals surface area contributed by atoms with Crippen molar-refractivity contribution in [1.29, 1.82) is 0 Å². The van der Waals surface area contributed by atoms with Crippen molar-refractivity contribution in [3.63, 3.8) is 0 Å². The summed E-state index contributed by atoms with van der Waals surface area (Å²) in [5.74, 6) is 0.167.